The number of aryl methyl sites for hydroxylation is 1. The third kappa shape index (κ3) is 4.67. The summed E-state index contributed by atoms with van der Waals surface area (Å²) in [6.45, 7) is 5.77. The van der Waals surface area contributed by atoms with Gasteiger partial charge < -0.3 is 25.0 Å². The van der Waals surface area contributed by atoms with Gasteiger partial charge in [0.25, 0.3) is 0 Å². The van der Waals surface area contributed by atoms with Gasteiger partial charge in [-0.1, -0.05) is 12.1 Å². The van der Waals surface area contributed by atoms with Gasteiger partial charge in [0, 0.05) is 31.0 Å². The molecule has 0 bridgehead atoms. The smallest absolute Gasteiger partial charge is 0.319 e. The van der Waals surface area contributed by atoms with Crippen LogP contribution in [-0.4, -0.2) is 39.4 Å². The zero-order valence-corrected chi connectivity index (χ0v) is 15.2. The van der Waals surface area contributed by atoms with Crippen LogP contribution in [0.1, 0.15) is 11.1 Å². The van der Waals surface area contributed by atoms with Crippen LogP contribution in [0.15, 0.2) is 42.5 Å². The molecule has 1 fully saturated rings. The van der Waals surface area contributed by atoms with E-state index in [2.05, 4.69) is 21.6 Å². The lowest BCUT2D eigenvalue weighted by atomic mass is 10.1. The second kappa shape index (κ2) is 8.58. The van der Waals surface area contributed by atoms with Crippen LogP contribution in [0.4, 0.5) is 16.2 Å². The van der Waals surface area contributed by atoms with Gasteiger partial charge in [0.05, 0.1) is 20.3 Å². The number of carbonyl (C=O) groups is 1. The molecule has 2 aromatic carbocycles. The van der Waals surface area contributed by atoms with E-state index in [1.165, 1.54) is 0 Å². The standard InChI is InChI=1S/C20H25N3O3/c1-15-13-17(23-9-11-26-12-10-23)5-8-19(15)22-20(24)21-14-16-3-6-18(25-2)7-4-16/h3-8,13H,9-12,14H2,1-2H3,(H2,21,22,24). The fourth-order valence-electron chi connectivity index (χ4n) is 2.90. The number of methoxy groups -OCH3 is 1. The molecule has 0 saturated carbocycles. The number of hydrogen-bond acceptors (Lipinski definition) is 4. The minimum atomic E-state index is -0.219. The Morgan fingerprint density at radius 2 is 1.88 bits per heavy atom. The van der Waals surface area contributed by atoms with Crippen LogP contribution in [0.2, 0.25) is 0 Å². The summed E-state index contributed by atoms with van der Waals surface area (Å²) in [6.07, 6.45) is 0. The van der Waals surface area contributed by atoms with Gasteiger partial charge in [0.15, 0.2) is 0 Å². The first-order valence-corrected chi connectivity index (χ1v) is 8.77. The highest BCUT2D eigenvalue weighted by Gasteiger charge is 2.12. The van der Waals surface area contributed by atoms with E-state index in [-0.39, 0.29) is 6.03 Å². The van der Waals surface area contributed by atoms with E-state index in [9.17, 15) is 4.79 Å². The summed E-state index contributed by atoms with van der Waals surface area (Å²) >= 11 is 0. The quantitative estimate of drug-likeness (QED) is 0.865. The number of rotatable bonds is 5. The number of nitrogens with one attached hydrogen (secondary N) is 2. The lowest BCUT2D eigenvalue weighted by Crippen LogP contribution is -2.36. The fourth-order valence-corrected chi connectivity index (χ4v) is 2.90. The SMILES string of the molecule is COc1ccc(CNC(=O)Nc2ccc(N3CCOCC3)cc2C)cc1. The van der Waals surface area contributed by atoms with Crippen molar-refractivity contribution in [3.05, 3.63) is 53.6 Å². The molecule has 26 heavy (non-hydrogen) atoms. The van der Waals surface area contributed by atoms with E-state index >= 15 is 0 Å². The number of nitrogens with zero attached hydrogens (tertiary/aromatic N) is 1. The highest BCUT2D eigenvalue weighted by Crippen LogP contribution is 2.23. The van der Waals surface area contributed by atoms with Crippen molar-refractivity contribution in [3.8, 4) is 5.75 Å². The molecule has 2 aromatic rings. The number of carbonyl (C=O) groups excluding carboxylic acids is 1. The van der Waals surface area contributed by atoms with Gasteiger partial charge in [0.1, 0.15) is 5.75 Å². The van der Waals surface area contributed by atoms with E-state index in [1.807, 2.05) is 43.3 Å². The van der Waals surface area contributed by atoms with Crippen molar-refractivity contribution in [2.75, 3.05) is 43.6 Å². The molecule has 2 N–H and O–H groups in total. The topological polar surface area (TPSA) is 62.8 Å². The monoisotopic (exact) mass is 355 g/mol. The van der Waals surface area contributed by atoms with E-state index in [4.69, 9.17) is 9.47 Å². The minimum Gasteiger partial charge on any atom is -0.497 e. The Morgan fingerprint density at radius 1 is 1.15 bits per heavy atom. The van der Waals surface area contributed by atoms with Gasteiger partial charge >= 0.3 is 6.03 Å². The maximum absolute atomic E-state index is 12.2. The summed E-state index contributed by atoms with van der Waals surface area (Å²) in [4.78, 5) is 14.5. The predicted octanol–water partition coefficient (Wildman–Crippen LogP) is 3.16. The maximum atomic E-state index is 12.2. The highest BCUT2D eigenvalue weighted by molar-refractivity contribution is 5.90. The Hall–Kier alpha value is -2.73. The number of amides is 2. The number of benzene rings is 2. The van der Waals surface area contributed by atoms with Crippen LogP contribution in [0.3, 0.4) is 0 Å². The lowest BCUT2D eigenvalue weighted by Gasteiger charge is -2.29. The molecule has 3 rings (SSSR count). The molecular weight excluding hydrogens is 330 g/mol. The van der Waals surface area contributed by atoms with E-state index in [1.54, 1.807) is 7.11 Å². The molecule has 0 aliphatic carbocycles. The molecule has 0 spiro atoms. The summed E-state index contributed by atoms with van der Waals surface area (Å²) in [5.74, 6) is 0.800. The molecule has 1 aliphatic heterocycles. The largest absolute Gasteiger partial charge is 0.497 e. The summed E-state index contributed by atoms with van der Waals surface area (Å²) in [7, 11) is 1.63. The molecular formula is C20H25N3O3. The first-order valence-electron chi connectivity index (χ1n) is 8.77. The second-order valence-electron chi connectivity index (χ2n) is 6.25. The van der Waals surface area contributed by atoms with E-state index in [0.29, 0.717) is 6.54 Å². The Morgan fingerprint density at radius 3 is 2.54 bits per heavy atom. The molecule has 0 aromatic heterocycles. The summed E-state index contributed by atoms with van der Waals surface area (Å²) in [6, 6.07) is 13.5. The van der Waals surface area contributed by atoms with Gasteiger partial charge in [-0.2, -0.15) is 0 Å². The molecule has 1 heterocycles. The van der Waals surface area contributed by atoms with Gasteiger partial charge in [-0.15, -0.1) is 0 Å². The molecule has 0 atom stereocenters. The predicted molar refractivity (Wildman–Crippen MR) is 103 cm³/mol. The summed E-state index contributed by atoms with van der Waals surface area (Å²) in [5.41, 5.74) is 4.03. The fraction of sp³-hybridized carbons (Fsp3) is 0.350. The van der Waals surface area contributed by atoms with Crippen LogP contribution >= 0.6 is 0 Å². The number of morpholine rings is 1. The maximum Gasteiger partial charge on any atom is 0.319 e. The summed E-state index contributed by atoms with van der Waals surface area (Å²) in [5, 5.41) is 5.79. The number of ether oxygens (including phenoxy) is 2. The third-order valence-corrected chi connectivity index (χ3v) is 4.45. The first kappa shape index (κ1) is 18.1. The van der Waals surface area contributed by atoms with Crippen LogP contribution < -0.4 is 20.3 Å². The third-order valence-electron chi connectivity index (χ3n) is 4.45. The van der Waals surface area contributed by atoms with Crippen molar-refractivity contribution < 1.29 is 14.3 Å². The molecule has 6 nitrogen and oxygen atoms in total. The normalized spacial score (nSPS) is 14.0. The van der Waals surface area contributed by atoms with E-state index in [0.717, 1.165) is 54.6 Å². The van der Waals surface area contributed by atoms with E-state index < -0.39 is 0 Å². The van der Waals surface area contributed by atoms with Crippen molar-refractivity contribution in [3.63, 3.8) is 0 Å². The van der Waals surface area contributed by atoms with Gasteiger partial charge in [-0.25, -0.2) is 4.79 Å². The molecule has 0 radical (unpaired) electrons. The Balaban J connectivity index is 1.54. The summed E-state index contributed by atoms with van der Waals surface area (Å²) < 4.78 is 10.5. The van der Waals surface area contributed by atoms with Gasteiger partial charge in [-0.3, -0.25) is 0 Å². The number of hydrogen-bond donors (Lipinski definition) is 2. The molecule has 1 saturated heterocycles. The van der Waals surface area contributed by atoms with Crippen LogP contribution in [0.5, 0.6) is 5.75 Å². The van der Waals surface area contributed by atoms with Crippen molar-refractivity contribution in [2.45, 2.75) is 13.5 Å². The molecule has 2 amide bonds. The number of urea groups is 1. The van der Waals surface area contributed by atoms with Crippen molar-refractivity contribution in [1.29, 1.82) is 0 Å². The first-order chi connectivity index (χ1) is 12.7. The highest BCUT2D eigenvalue weighted by atomic mass is 16.5. The Kier molecular flexibility index (Phi) is 5.96. The van der Waals surface area contributed by atoms with Crippen LogP contribution in [-0.2, 0) is 11.3 Å². The Bertz CT molecular complexity index is 740. The zero-order valence-electron chi connectivity index (χ0n) is 15.2. The van der Waals surface area contributed by atoms with Crippen molar-refractivity contribution in [1.82, 2.24) is 5.32 Å². The van der Waals surface area contributed by atoms with Gasteiger partial charge in [-0.05, 0) is 48.4 Å². The van der Waals surface area contributed by atoms with Crippen molar-refractivity contribution in [2.24, 2.45) is 0 Å². The molecule has 0 unspecified atom stereocenters. The zero-order chi connectivity index (χ0) is 18.4. The molecule has 6 heteroatoms. The van der Waals surface area contributed by atoms with Crippen LogP contribution in [0.25, 0.3) is 0 Å². The minimum absolute atomic E-state index is 0.219. The van der Waals surface area contributed by atoms with Crippen molar-refractivity contribution >= 4 is 17.4 Å². The molecule has 1 aliphatic rings. The average molecular weight is 355 g/mol. The average Bonchev–Trinajstić information content (AvgIpc) is 2.69. The number of anilines is 2. The Labute approximate surface area is 154 Å². The van der Waals surface area contributed by atoms with Crippen LogP contribution in [0, 0.1) is 6.92 Å². The molecule has 138 valence electrons. The lowest BCUT2D eigenvalue weighted by molar-refractivity contribution is 0.122. The second-order valence-corrected chi connectivity index (χ2v) is 6.25. The van der Waals surface area contributed by atoms with Gasteiger partial charge in [0.2, 0.25) is 0 Å².